The summed E-state index contributed by atoms with van der Waals surface area (Å²) in [5, 5.41) is 10.1. The van der Waals surface area contributed by atoms with E-state index >= 15 is 0 Å². The monoisotopic (exact) mass is 673 g/mol. The molecule has 10 rings (SSSR count). The molecule has 0 aliphatic carbocycles. The largest absolute Gasteiger partial charge is 0.310 e. The van der Waals surface area contributed by atoms with Gasteiger partial charge in [-0.15, -0.1) is 0 Å². The van der Waals surface area contributed by atoms with E-state index in [2.05, 4.69) is 217 Å². The molecule has 0 saturated heterocycles. The van der Waals surface area contributed by atoms with Crippen molar-refractivity contribution < 1.29 is 0 Å². The third kappa shape index (κ3) is 5.42. The highest BCUT2D eigenvalue weighted by molar-refractivity contribution is 6.21. The first-order valence-electron chi connectivity index (χ1n) is 18.3. The molecule has 1 nitrogen and oxygen atoms in total. The number of rotatable bonds is 6. The lowest BCUT2D eigenvalue weighted by atomic mass is 9.85. The molecule has 0 unspecified atom stereocenters. The van der Waals surface area contributed by atoms with Crippen molar-refractivity contribution in [1.82, 2.24) is 0 Å². The van der Waals surface area contributed by atoms with Crippen molar-refractivity contribution >= 4 is 60.2 Å². The lowest BCUT2D eigenvalue weighted by Gasteiger charge is -2.27. The van der Waals surface area contributed by atoms with Gasteiger partial charge in [0.2, 0.25) is 0 Å². The maximum absolute atomic E-state index is 2.38. The van der Waals surface area contributed by atoms with E-state index in [1.54, 1.807) is 0 Å². The lowest BCUT2D eigenvalue weighted by Crippen LogP contribution is -2.10. The van der Waals surface area contributed by atoms with Crippen LogP contribution in [0.15, 0.2) is 212 Å². The van der Waals surface area contributed by atoms with Gasteiger partial charge in [-0.25, -0.2) is 0 Å². The van der Waals surface area contributed by atoms with E-state index in [4.69, 9.17) is 0 Å². The van der Waals surface area contributed by atoms with Gasteiger partial charge in [-0.3, -0.25) is 0 Å². The summed E-state index contributed by atoms with van der Waals surface area (Å²) >= 11 is 0. The van der Waals surface area contributed by atoms with E-state index in [9.17, 15) is 0 Å². The first-order chi connectivity index (χ1) is 26.3. The standard InChI is InChI=1S/C52H35N/c1-3-13-36(14-4-1)37-25-29-42(30-26-37)53(44-33-34-46-41(35-44)24-23-38-15-7-8-18-45(38)46)43-31-27-40(28-32-43)52-50-22-12-10-20-48(50)47-19-9-11-21-49(47)51(52)39-16-5-2-6-17-39/h1-35H. The minimum atomic E-state index is 1.10. The van der Waals surface area contributed by atoms with E-state index < -0.39 is 0 Å². The highest BCUT2D eigenvalue weighted by atomic mass is 15.1. The summed E-state index contributed by atoms with van der Waals surface area (Å²) in [7, 11) is 0. The third-order valence-corrected chi connectivity index (χ3v) is 10.6. The van der Waals surface area contributed by atoms with Crippen LogP contribution in [-0.4, -0.2) is 0 Å². The molecule has 0 aliphatic heterocycles. The van der Waals surface area contributed by atoms with Crippen molar-refractivity contribution in [2.75, 3.05) is 4.90 Å². The molecular formula is C52H35N. The zero-order valence-corrected chi connectivity index (χ0v) is 29.2. The second kappa shape index (κ2) is 13.0. The molecule has 248 valence electrons. The van der Waals surface area contributed by atoms with Crippen LogP contribution in [0.1, 0.15) is 0 Å². The molecule has 10 aromatic rings. The predicted molar refractivity (Wildman–Crippen MR) is 227 cm³/mol. The Morgan fingerprint density at radius 2 is 0.623 bits per heavy atom. The van der Waals surface area contributed by atoms with Crippen LogP contribution < -0.4 is 4.90 Å². The number of hydrogen-bond acceptors (Lipinski definition) is 1. The van der Waals surface area contributed by atoms with Gasteiger partial charge in [0.25, 0.3) is 0 Å². The van der Waals surface area contributed by atoms with Crippen LogP contribution in [0.2, 0.25) is 0 Å². The van der Waals surface area contributed by atoms with Crippen LogP contribution in [0.5, 0.6) is 0 Å². The fourth-order valence-electron chi connectivity index (χ4n) is 8.14. The number of benzene rings is 10. The van der Waals surface area contributed by atoms with Crippen molar-refractivity contribution in [1.29, 1.82) is 0 Å². The molecule has 0 N–H and O–H groups in total. The Balaban J connectivity index is 1.15. The fourth-order valence-corrected chi connectivity index (χ4v) is 8.14. The summed E-state index contributed by atoms with van der Waals surface area (Å²) in [6.07, 6.45) is 0. The molecule has 0 heterocycles. The summed E-state index contributed by atoms with van der Waals surface area (Å²) in [6.45, 7) is 0. The Morgan fingerprint density at radius 1 is 0.226 bits per heavy atom. The van der Waals surface area contributed by atoms with Crippen molar-refractivity contribution in [3.63, 3.8) is 0 Å². The van der Waals surface area contributed by atoms with Gasteiger partial charge in [-0.1, -0.05) is 176 Å². The van der Waals surface area contributed by atoms with Gasteiger partial charge in [0, 0.05) is 17.1 Å². The molecule has 0 amide bonds. The molecule has 0 aliphatic rings. The zero-order chi connectivity index (χ0) is 35.1. The number of anilines is 3. The van der Waals surface area contributed by atoms with Gasteiger partial charge in [-0.2, -0.15) is 0 Å². The molecular weight excluding hydrogens is 639 g/mol. The Morgan fingerprint density at radius 3 is 1.23 bits per heavy atom. The van der Waals surface area contributed by atoms with Crippen molar-refractivity contribution in [3.05, 3.63) is 212 Å². The van der Waals surface area contributed by atoms with E-state index in [0.717, 1.165) is 17.1 Å². The first-order valence-corrected chi connectivity index (χ1v) is 18.3. The highest BCUT2D eigenvalue weighted by Gasteiger charge is 2.19. The van der Waals surface area contributed by atoms with Crippen molar-refractivity contribution in [2.24, 2.45) is 0 Å². The molecule has 1 heteroatoms. The lowest BCUT2D eigenvalue weighted by molar-refractivity contribution is 1.29. The van der Waals surface area contributed by atoms with Crippen LogP contribution in [0.25, 0.3) is 76.5 Å². The molecule has 0 atom stereocenters. The van der Waals surface area contributed by atoms with Crippen LogP contribution >= 0.6 is 0 Å². The smallest absolute Gasteiger partial charge is 0.0468 e. The number of hydrogen-bond donors (Lipinski definition) is 0. The minimum Gasteiger partial charge on any atom is -0.310 e. The minimum absolute atomic E-state index is 1.10. The van der Waals surface area contributed by atoms with Crippen molar-refractivity contribution in [3.8, 4) is 33.4 Å². The van der Waals surface area contributed by atoms with Crippen LogP contribution in [0.4, 0.5) is 17.1 Å². The molecule has 0 aromatic heterocycles. The Hall–Kier alpha value is -6.96. The third-order valence-electron chi connectivity index (χ3n) is 10.6. The van der Waals surface area contributed by atoms with Crippen LogP contribution in [0.3, 0.4) is 0 Å². The van der Waals surface area contributed by atoms with Crippen LogP contribution in [-0.2, 0) is 0 Å². The van der Waals surface area contributed by atoms with E-state index in [1.807, 2.05) is 0 Å². The van der Waals surface area contributed by atoms with Gasteiger partial charge in [0.1, 0.15) is 0 Å². The second-order valence-electron chi connectivity index (χ2n) is 13.7. The molecule has 0 fully saturated rings. The van der Waals surface area contributed by atoms with E-state index in [0.29, 0.717) is 0 Å². The fraction of sp³-hybridized carbons (Fsp3) is 0. The predicted octanol–water partition coefficient (Wildman–Crippen LogP) is 14.8. The van der Waals surface area contributed by atoms with Crippen molar-refractivity contribution in [2.45, 2.75) is 0 Å². The summed E-state index contributed by atoms with van der Waals surface area (Å²) in [5.41, 5.74) is 10.7. The summed E-state index contributed by atoms with van der Waals surface area (Å²) in [4.78, 5) is 2.38. The Kier molecular flexibility index (Phi) is 7.55. The normalized spacial score (nSPS) is 11.4. The topological polar surface area (TPSA) is 3.24 Å². The van der Waals surface area contributed by atoms with Gasteiger partial charge in [0.05, 0.1) is 0 Å². The van der Waals surface area contributed by atoms with Gasteiger partial charge in [0.15, 0.2) is 0 Å². The highest BCUT2D eigenvalue weighted by Crippen LogP contribution is 2.46. The Labute approximate surface area is 309 Å². The average Bonchev–Trinajstić information content (AvgIpc) is 3.24. The maximum Gasteiger partial charge on any atom is 0.0468 e. The van der Waals surface area contributed by atoms with E-state index in [-0.39, 0.29) is 0 Å². The summed E-state index contributed by atoms with van der Waals surface area (Å²) < 4.78 is 0. The number of fused-ring (bicyclic) bond motifs is 6. The summed E-state index contributed by atoms with van der Waals surface area (Å²) in [6, 6.07) is 77.2. The molecule has 53 heavy (non-hydrogen) atoms. The second-order valence-corrected chi connectivity index (χ2v) is 13.7. The summed E-state index contributed by atoms with van der Waals surface area (Å²) in [5.74, 6) is 0. The molecule has 0 saturated carbocycles. The maximum atomic E-state index is 2.38. The molecule has 0 bridgehead atoms. The SMILES string of the molecule is c1ccc(-c2ccc(N(c3ccc(-c4c(-c5ccccc5)c5ccccc5c5ccccc45)cc3)c3ccc4c(ccc5ccccc54)c3)cc2)cc1. The number of nitrogens with zero attached hydrogens (tertiary/aromatic N) is 1. The van der Waals surface area contributed by atoms with Gasteiger partial charge < -0.3 is 4.90 Å². The first kappa shape index (κ1) is 30.8. The zero-order valence-electron chi connectivity index (χ0n) is 29.2. The van der Waals surface area contributed by atoms with Gasteiger partial charge >= 0.3 is 0 Å². The Bertz CT molecular complexity index is 2910. The quantitative estimate of drug-likeness (QED) is 0.159. The van der Waals surface area contributed by atoms with E-state index in [1.165, 1.54) is 76.5 Å². The molecule has 0 spiro atoms. The average molecular weight is 674 g/mol. The van der Waals surface area contributed by atoms with Crippen LogP contribution in [0, 0.1) is 0 Å². The molecule has 0 radical (unpaired) electrons. The molecule has 10 aromatic carbocycles. The van der Waals surface area contributed by atoms with Gasteiger partial charge in [-0.05, 0) is 113 Å².